The van der Waals surface area contributed by atoms with Crippen LogP contribution in [0.25, 0.3) is 22.3 Å². The number of morpholine rings is 1. The van der Waals surface area contributed by atoms with Crippen molar-refractivity contribution in [2.45, 2.75) is 26.4 Å². The molecule has 0 amide bonds. The molecule has 0 atom stereocenters. The lowest BCUT2D eigenvalue weighted by atomic mass is 9.81. The molecule has 31 heavy (non-hydrogen) atoms. The Hall–Kier alpha value is -3.02. The highest BCUT2D eigenvalue weighted by molar-refractivity contribution is 6.62. The van der Waals surface area contributed by atoms with Gasteiger partial charge in [-0.2, -0.15) is 0 Å². The van der Waals surface area contributed by atoms with Crippen molar-refractivity contribution in [3.8, 4) is 11.3 Å². The lowest BCUT2D eigenvalue weighted by molar-refractivity contribution is 0.0544. The maximum atomic E-state index is 13.0. The summed E-state index contributed by atoms with van der Waals surface area (Å²) >= 11 is 0. The lowest BCUT2D eigenvalue weighted by Gasteiger charge is -2.27. The summed E-state index contributed by atoms with van der Waals surface area (Å²) in [7, 11) is -1.83. The average molecular weight is 425 g/mol. The summed E-state index contributed by atoms with van der Waals surface area (Å²) in [6, 6.07) is 3.54. The monoisotopic (exact) mass is 425 g/mol. The van der Waals surface area contributed by atoms with Gasteiger partial charge in [-0.25, -0.2) is 19.3 Å². The van der Waals surface area contributed by atoms with Crippen molar-refractivity contribution in [3.05, 3.63) is 30.7 Å². The molecule has 0 spiro atoms. The van der Waals surface area contributed by atoms with Crippen molar-refractivity contribution in [1.82, 2.24) is 19.5 Å². The Morgan fingerprint density at radius 3 is 2.45 bits per heavy atom. The summed E-state index contributed by atoms with van der Waals surface area (Å²) in [5.74, 6) is 0.423. The number of hydrogen-bond donors (Lipinski definition) is 2. The van der Waals surface area contributed by atoms with Crippen LogP contribution < -0.4 is 10.4 Å². The van der Waals surface area contributed by atoms with Crippen molar-refractivity contribution < 1.29 is 24.3 Å². The van der Waals surface area contributed by atoms with Crippen LogP contribution in [0.3, 0.4) is 0 Å². The van der Waals surface area contributed by atoms with Crippen LogP contribution >= 0.6 is 0 Å². The predicted octanol–water partition coefficient (Wildman–Crippen LogP) is 0.793. The zero-order chi connectivity index (χ0) is 22.2. The molecule has 0 saturated carbocycles. The molecule has 0 unspecified atom stereocenters. The molecule has 2 N–H and O–H groups in total. The summed E-state index contributed by atoms with van der Waals surface area (Å²) in [6.07, 6.45) is 3.93. The summed E-state index contributed by atoms with van der Waals surface area (Å²) in [5.41, 5.74) is 1.13. The average Bonchev–Trinajstić information content (AvgIpc) is 3.13. The highest BCUT2D eigenvalue weighted by atomic mass is 16.6. The van der Waals surface area contributed by atoms with E-state index < -0.39 is 18.8 Å². The maximum absolute atomic E-state index is 13.0. The molecule has 1 aliphatic rings. The first-order chi connectivity index (χ1) is 14.7. The van der Waals surface area contributed by atoms with Crippen LogP contribution in [0.4, 0.5) is 10.7 Å². The van der Waals surface area contributed by atoms with E-state index in [1.54, 1.807) is 45.3 Å². The normalized spacial score (nSPS) is 14.7. The molecule has 0 aliphatic carbocycles. The number of carbonyl (C=O) groups excluding carboxylic acids is 1. The van der Waals surface area contributed by atoms with Gasteiger partial charge in [-0.3, -0.25) is 4.98 Å². The molecule has 4 heterocycles. The number of rotatable bonds is 3. The van der Waals surface area contributed by atoms with Crippen LogP contribution in [0.15, 0.2) is 30.7 Å². The summed E-state index contributed by atoms with van der Waals surface area (Å²) in [4.78, 5) is 28.3. The van der Waals surface area contributed by atoms with Gasteiger partial charge in [0.25, 0.3) is 0 Å². The van der Waals surface area contributed by atoms with E-state index in [0.717, 1.165) is 0 Å². The topological polar surface area (TPSA) is 123 Å². The van der Waals surface area contributed by atoms with Crippen molar-refractivity contribution in [1.29, 1.82) is 0 Å². The summed E-state index contributed by atoms with van der Waals surface area (Å²) < 4.78 is 12.2. The van der Waals surface area contributed by atoms with Gasteiger partial charge < -0.3 is 24.4 Å². The highest BCUT2D eigenvalue weighted by Gasteiger charge is 2.29. The summed E-state index contributed by atoms with van der Waals surface area (Å²) in [5, 5.41) is 20.0. The van der Waals surface area contributed by atoms with E-state index in [1.807, 2.05) is 4.90 Å². The fraction of sp³-hybridized carbons (Fsp3) is 0.400. The Kier molecular flexibility index (Phi) is 5.65. The number of fused-ring (bicyclic) bond motifs is 1. The van der Waals surface area contributed by atoms with Crippen LogP contribution in [0.2, 0.25) is 0 Å². The lowest BCUT2D eigenvalue weighted by Crippen LogP contribution is -2.37. The van der Waals surface area contributed by atoms with Gasteiger partial charge in [0.2, 0.25) is 5.95 Å². The minimum atomic E-state index is -1.83. The van der Waals surface area contributed by atoms with Crippen molar-refractivity contribution in [3.63, 3.8) is 0 Å². The maximum Gasteiger partial charge on any atom is 0.492 e. The fourth-order valence-electron chi connectivity index (χ4n) is 3.40. The molecular formula is C20H24BN5O5. The van der Waals surface area contributed by atoms with E-state index in [9.17, 15) is 14.8 Å². The van der Waals surface area contributed by atoms with E-state index in [4.69, 9.17) is 14.5 Å². The number of hydrogen-bond acceptors (Lipinski definition) is 9. The van der Waals surface area contributed by atoms with Gasteiger partial charge in [-0.1, -0.05) is 0 Å². The molecule has 0 aromatic carbocycles. The number of ether oxygens (including phenoxy) is 2. The Morgan fingerprint density at radius 2 is 1.84 bits per heavy atom. The van der Waals surface area contributed by atoms with Gasteiger partial charge in [0.15, 0.2) is 0 Å². The molecule has 3 aromatic rings. The third-order valence-corrected chi connectivity index (χ3v) is 4.77. The zero-order valence-electron chi connectivity index (χ0n) is 17.6. The second-order valence-corrected chi connectivity index (χ2v) is 8.21. The van der Waals surface area contributed by atoms with E-state index in [0.29, 0.717) is 49.0 Å². The van der Waals surface area contributed by atoms with Gasteiger partial charge in [0.1, 0.15) is 16.8 Å². The van der Waals surface area contributed by atoms with E-state index in [-0.39, 0.29) is 11.0 Å². The fourth-order valence-corrected chi connectivity index (χ4v) is 3.40. The van der Waals surface area contributed by atoms with Crippen molar-refractivity contribution in [2.75, 3.05) is 31.2 Å². The Balaban J connectivity index is 1.98. The molecule has 1 saturated heterocycles. The molecule has 0 bridgehead atoms. The Morgan fingerprint density at radius 1 is 1.16 bits per heavy atom. The first-order valence-corrected chi connectivity index (χ1v) is 10.00. The predicted molar refractivity (Wildman–Crippen MR) is 115 cm³/mol. The number of pyridine rings is 1. The molecule has 1 aliphatic heterocycles. The van der Waals surface area contributed by atoms with Gasteiger partial charge in [-0.15, -0.1) is 0 Å². The van der Waals surface area contributed by atoms with Crippen LogP contribution in [0.5, 0.6) is 0 Å². The smallest absolute Gasteiger partial charge is 0.443 e. The first-order valence-electron chi connectivity index (χ1n) is 10.00. The molecule has 10 nitrogen and oxygen atoms in total. The second kappa shape index (κ2) is 8.25. The van der Waals surface area contributed by atoms with E-state index >= 15 is 0 Å². The third-order valence-electron chi connectivity index (χ3n) is 4.77. The van der Waals surface area contributed by atoms with Gasteiger partial charge in [-0.05, 0) is 32.9 Å². The van der Waals surface area contributed by atoms with Crippen LogP contribution in [0, 0.1) is 0 Å². The molecule has 3 aromatic heterocycles. The highest BCUT2D eigenvalue weighted by Crippen LogP contribution is 2.29. The number of carbonyl (C=O) groups is 1. The number of nitrogens with zero attached hydrogens (tertiary/aromatic N) is 5. The van der Waals surface area contributed by atoms with Crippen LogP contribution in [-0.4, -0.2) is 74.7 Å². The largest absolute Gasteiger partial charge is 0.492 e. The minimum Gasteiger partial charge on any atom is -0.443 e. The molecular weight excluding hydrogens is 401 g/mol. The third kappa shape index (κ3) is 4.38. The van der Waals surface area contributed by atoms with Gasteiger partial charge in [0.05, 0.1) is 18.7 Å². The molecule has 11 heteroatoms. The zero-order valence-corrected chi connectivity index (χ0v) is 17.6. The van der Waals surface area contributed by atoms with Gasteiger partial charge in [0, 0.05) is 42.7 Å². The van der Waals surface area contributed by atoms with Crippen molar-refractivity contribution in [2.24, 2.45) is 0 Å². The van der Waals surface area contributed by atoms with Gasteiger partial charge >= 0.3 is 13.2 Å². The van der Waals surface area contributed by atoms with Crippen molar-refractivity contribution >= 4 is 35.7 Å². The molecule has 1 fully saturated rings. The second-order valence-electron chi connectivity index (χ2n) is 8.21. The Bertz CT molecular complexity index is 1090. The minimum absolute atomic E-state index is 0.0908. The summed E-state index contributed by atoms with van der Waals surface area (Å²) in [6.45, 7) is 7.57. The van der Waals surface area contributed by atoms with Crippen LogP contribution in [-0.2, 0) is 9.47 Å². The Labute approximate surface area is 179 Å². The van der Waals surface area contributed by atoms with E-state index in [1.165, 1.54) is 10.8 Å². The standard InChI is InChI=1S/C20H24BN5O5/c1-20(2,3)31-19(27)26-12-14(21(28)29)16-17(26)15(13-4-6-22-7-5-13)23-18(24-16)25-8-10-30-11-9-25/h4-7,12,28-29H,8-11H2,1-3H3. The molecule has 4 rings (SSSR count). The van der Waals surface area contributed by atoms with E-state index in [2.05, 4.69) is 9.97 Å². The molecule has 162 valence electrons. The van der Waals surface area contributed by atoms with Crippen LogP contribution in [0.1, 0.15) is 20.8 Å². The quantitative estimate of drug-likeness (QED) is 0.587. The molecule has 0 radical (unpaired) electrons. The number of aromatic nitrogens is 4. The number of anilines is 1. The SMILES string of the molecule is CC(C)(C)OC(=O)n1cc(B(O)O)c2nc(N3CCOCC3)nc(-c3ccncc3)c21. The first kappa shape index (κ1) is 21.2.